The van der Waals surface area contributed by atoms with Gasteiger partial charge >= 0.3 is 0 Å². The number of amides is 1. The molecular formula is C21H28N2O4S. The zero-order chi connectivity index (χ0) is 20.9. The van der Waals surface area contributed by atoms with Gasteiger partial charge in [0.2, 0.25) is 15.9 Å². The minimum Gasteiger partial charge on any atom is -0.497 e. The Morgan fingerprint density at radius 3 is 2.11 bits per heavy atom. The molecule has 6 nitrogen and oxygen atoms in total. The fourth-order valence-corrected chi connectivity index (χ4v) is 4.17. The van der Waals surface area contributed by atoms with Gasteiger partial charge in [0.05, 0.1) is 25.1 Å². The van der Waals surface area contributed by atoms with E-state index in [4.69, 9.17) is 4.74 Å². The van der Waals surface area contributed by atoms with E-state index < -0.39 is 16.1 Å². The molecule has 0 aliphatic rings. The van der Waals surface area contributed by atoms with Crippen LogP contribution in [0.3, 0.4) is 0 Å². The molecule has 152 valence electrons. The van der Waals surface area contributed by atoms with Crippen LogP contribution >= 0.6 is 0 Å². The maximum Gasteiger partial charge on any atom is 0.244 e. The zero-order valence-corrected chi connectivity index (χ0v) is 17.8. The molecule has 0 aliphatic carbocycles. The normalized spacial score (nSPS) is 13.5. The van der Waals surface area contributed by atoms with Gasteiger partial charge in [0.1, 0.15) is 11.8 Å². The van der Waals surface area contributed by atoms with Crippen molar-refractivity contribution in [2.75, 3.05) is 17.7 Å². The van der Waals surface area contributed by atoms with E-state index in [2.05, 4.69) is 12.2 Å². The summed E-state index contributed by atoms with van der Waals surface area (Å²) >= 11 is 0. The number of rotatable bonds is 8. The second-order valence-electron chi connectivity index (χ2n) is 6.76. The third-order valence-electron chi connectivity index (χ3n) is 4.66. The summed E-state index contributed by atoms with van der Waals surface area (Å²) in [7, 11) is -2.12. The molecule has 0 bridgehead atoms. The lowest BCUT2D eigenvalue weighted by Gasteiger charge is -2.29. The van der Waals surface area contributed by atoms with Crippen LogP contribution in [0, 0.1) is 0 Å². The van der Waals surface area contributed by atoms with Crippen molar-refractivity contribution in [3.63, 3.8) is 0 Å². The Bertz CT molecular complexity index is 893. The first-order valence-electron chi connectivity index (χ1n) is 9.20. The molecule has 7 heteroatoms. The van der Waals surface area contributed by atoms with E-state index in [1.807, 2.05) is 31.2 Å². The summed E-state index contributed by atoms with van der Waals surface area (Å²) in [5.41, 5.74) is 2.59. The number of anilines is 1. The summed E-state index contributed by atoms with van der Waals surface area (Å²) < 4.78 is 31.0. The minimum atomic E-state index is -3.66. The van der Waals surface area contributed by atoms with Gasteiger partial charge in [-0.1, -0.05) is 31.2 Å². The molecule has 2 rings (SSSR count). The minimum absolute atomic E-state index is 0.238. The summed E-state index contributed by atoms with van der Waals surface area (Å²) in [4.78, 5) is 12.8. The molecule has 0 radical (unpaired) electrons. The molecule has 0 saturated heterocycles. The predicted molar refractivity (Wildman–Crippen MR) is 112 cm³/mol. The molecule has 1 N–H and O–H groups in total. The number of carbonyl (C=O) groups is 1. The lowest BCUT2D eigenvalue weighted by atomic mass is 10.0. The number of sulfonamides is 1. The number of aryl methyl sites for hydroxylation is 1. The van der Waals surface area contributed by atoms with Crippen molar-refractivity contribution in [2.24, 2.45) is 0 Å². The van der Waals surface area contributed by atoms with Gasteiger partial charge in [-0.25, -0.2) is 8.42 Å². The van der Waals surface area contributed by atoms with Crippen molar-refractivity contribution in [3.8, 4) is 5.75 Å². The summed E-state index contributed by atoms with van der Waals surface area (Å²) in [6, 6.07) is 13.4. The van der Waals surface area contributed by atoms with Crippen molar-refractivity contribution < 1.29 is 17.9 Å². The van der Waals surface area contributed by atoms with Crippen molar-refractivity contribution in [1.29, 1.82) is 0 Å². The van der Waals surface area contributed by atoms with Crippen molar-refractivity contribution in [3.05, 3.63) is 59.7 Å². The third-order valence-corrected chi connectivity index (χ3v) is 5.90. The molecule has 0 spiro atoms. The van der Waals surface area contributed by atoms with Crippen LogP contribution in [-0.4, -0.2) is 33.7 Å². The van der Waals surface area contributed by atoms with Crippen molar-refractivity contribution in [1.82, 2.24) is 5.32 Å². The van der Waals surface area contributed by atoms with Crippen LogP contribution in [0.1, 0.15) is 37.9 Å². The summed E-state index contributed by atoms with van der Waals surface area (Å²) in [5, 5.41) is 2.91. The molecule has 28 heavy (non-hydrogen) atoms. The average Bonchev–Trinajstić information content (AvgIpc) is 2.67. The highest BCUT2D eigenvalue weighted by Crippen LogP contribution is 2.24. The fourth-order valence-electron chi connectivity index (χ4n) is 3.00. The predicted octanol–water partition coefficient (Wildman–Crippen LogP) is 3.29. The van der Waals surface area contributed by atoms with Gasteiger partial charge in [0.15, 0.2) is 0 Å². The lowest BCUT2D eigenvalue weighted by molar-refractivity contribution is -0.122. The zero-order valence-electron chi connectivity index (χ0n) is 17.0. The van der Waals surface area contributed by atoms with Crippen LogP contribution in [-0.2, 0) is 21.2 Å². The van der Waals surface area contributed by atoms with Gasteiger partial charge in [-0.2, -0.15) is 0 Å². The molecule has 2 aromatic carbocycles. The number of carbonyl (C=O) groups excluding carboxylic acids is 1. The number of ether oxygens (including phenoxy) is 1. The van der Waals surface area contributed by atoms with Gasteiger partial charge in [0, 0.05) is 0 Å². The number of hydrogen-bond donors (Lipinski definition) is 1. The van der Waals surface area contributed by atoms with Crippen LogP contribution in [0.25, 0.3) is 0 Å². The molecule has 0 saturated carbocycles. The van der Waals surface area contributed by atoms with Crippen LogP contribution in [0.2, 0.25) is 0 Å². The largest absolute Gasteiger partial charge is 0.497 e. The molecule has 2 atom stereocenters. The molecule has 2 unspecified atom stereocenters. The third kappa shape index (κ3) is 5.25. The number of nitrogens with zero attached hydrogens (tertiary/aromatic N) is 1. The second-order valence-corrected chi connectivity index (χ2v) is 8.62. The van der Waals surface area contributed by atoms with Gasteiger partial charge < -0.3 is 10.1 Å². The number of hydrogen-bond acceptors (Lipinski definition) is 4. The molecule has 0 fully saturated rings. The first-order chi connectivity index (χ1) is 13.2. The quantitative estimate of drug-likeness (QED) is 0.733. The van der Waals surface area contributed by atoms with E-state index in [0.717, 1.165) is 22.5 Å². The highest BCUT2D eigenvalue weighted by Gasteiger charge is 2.29. The van der Waals surface area contributed by atoms with Crippen molar-refractivity contribution in [2.45, 2.75) is 39.3 Å². The summed E-state index contributed by atoms with van der Waals surface area (Å²) in [6.07, 6.45) is 2.04. The van der Waals surface area contributed by atoms with Gasteiger partial charge in [-0.05, 0) is 55.7 Å². The number of benzene rings is 2. The van der Waals surface area contributed by atoms with E-state index in [1.54, 1.807) is 31.2 Å². The maximum atomic E-state index is 12.8. The highest BCUT2D eigenvalue weighted by atomic mass is 32.2. The molecule has 0 aromatic heterocycles. The molecular weight excluding hydrogens is 376 g/mol. The van der Waals surface area contributed by atoms with Gasteiger partial charge in [0.25, 0.3) is 0 Å². The maximum absolute atomic E-state index is 12.8. The molecule has 1 amide bonds. The monoisotopic (exact) mass is 404 g/mol. The highest BCUT2D eigenvalue weighted by molar-refractivity contribution is 7.92. The Labute approximate surface area is 167 Å². The standard InChI is InChI=1S/C21H28N2O4S/c1-6-17-7-9-18(10-8-17)15(2)22-21(24)16(3)23(28(5,25)26)19-11-13-20(27-4)14-12-19/h7-16H,6H2,1-5H3,(H,22,24). The van der Waals surface area contributed by atoms with Crippen LogP contribution in [0.5, 0.6) is 5.75 Å². The number of nitrogens with one attached hydrogen (secondary N) is 1. The number of methoxy groups -OCH3 is 1. The van der Waals surface area contributed by atoms with E-state index >= 15 is 0 Å². The molecule has 2 aromatic rings. The van der Waals surface area contributed by atoms with Crippen LogP contribution < -0.4 is 14.4 Å². The fraction of sp³-hybridized carbons (Fsp3) is 0.381. The second kappa shape index (κ2) is 9.10. The first kappa shape index (κ1) is 21.8. The topological polar surface area (TPSA) is 75.7 Å². The summed E-state index contributed by atoms with van der Waals surface area (Å²) in [6.45, 7) is 5.54. The average molecular weight is 405 g/mol. The lowest BCUT2D eigenvalue weighted by Crippen LogP contribution is -2.48. The van der Waals surface area contributed by atoms with E-state index in [9.17, 15) is 13.2 Å². The Morgan fingerprint density at radius 2 is 1.64 bits per heavy atom. The molecule has 0 aliphatic heterocycles. The Balaban J connectivity index is 2.20. The van der Waals surface area contributed by atoms with Crippen LogP contribution in [0.4, 0.5) is 5.69 Å². The smallest absolute Gasteiger partial charge is 0.244 e. The SMILES string of the molecule is CCc1ccc(C(C)NC(=O)C(C)N(c2ccc(OC)cc2)S(C)(=O)=O)cc1. The van der Waals surface area contributed by atoms with Gasteiger partial charge in [-0.15, -0.1) is 0 Å². The van der Waals surface area contributed by atoms with E-state index in [-0.39, 0.29) is 11.9 Å². The first-order valence-corrected chi connectivity index (χ1v) is 11.0. The Morgan fingerprint density at radius 1 is 1.07 bits per heavy atom. The van der Waals surface area contributed by atoms with Gasteiger partial charge in [-0.3, -0.25) is 9.10 Å². The van der Waals surface area contributed by atoms with Crippen LogP contribution in [0.15, 0.2) is 48.5 Å². The van der Waals surface area contributed by atoms with Crippen molar-refractivity contribution >= 4 is 21.6 Å². The Hall–Kier alpha value is -2.54. The summed E-state index contributed by atoms with van der Waals surface area (Å²) in [5.74, 6) is 0.242. The van der Waals surface area contributed by atoms with E-state index in [1.165, 1.54) is 12.7 Å². The Kier molecular flexibility index (Phi) is 7.07. The van der Waals surface area contributed by atoms with E-state index in [0.29, 0.717) is 11.4 Å². The molecule has 0 heterocycles.